The van der Waals surface area contributed by atoms with Crippen LogP contribution >= 0.6 is 35.7 Å². The maximum atomic E-state index is 12.6. The average molecular weight is 438 g/mol. The van der Waals surface area contributed by atoms with Gasteiger partial charge in [-0.2, -0.15) is 0 Å². The van der Waals surface area contributed by atoms with Crippen molar-refractivity contribution in [3.63, 3.8) is 0 Å². The summed E-state index contributed by atoms with van der Waals surface area (Å²) in [7, 11) is 0. The molecular weight excluding hydrogens is 422 g/mol. The number of aromatic nitrogens is 1. The highest BCUT2D eigenvalue weighted by Crippen LogP contribution is 2.41. The van der Waals surface area contributed by atoms with E-state index in [4.69, 9.17) is 10.9 Å². The van der Waals surface area contributed by atoms with E-state index in [0.717, 1.165) is 16.9 Å². The predicted molar refractivity (Wildman–Crippen MR) is 109 cm³/mol. The fraction of sp³-hybridized carbons (Fsp3) is 0.312. The zero-order valence-corrected chi connectivity index (χ0v) is 17.0. The number of thiazole rings is 1. The molecule has 2 aliphatic rings. The van der Waals surface area contributed by atoms with Crippen LogP contribution < -0.4 is 11.1 Å². The minimum absolute atomic E-state index is 0.106. The van der Waals surface area contributed by atoms with Crippen LogP contribution in [0.1, 0.15) is 19.0 Å². The fourth-order valence-corrected chi connectivity index (χ4v) is 4.99. The number of amides is 2. The lowest BCUT2D eigenvalue weighted by Gasteiger charge is -2.49. The SMILES string of the molecule is CC#CCC1=C(C(=O)S)N2C(=O)[C@@H](NC(=O)/C(=N\O)c3csc(N)n3)[C@H]2SC1. The smallest absolute Gasteiger partial charge is 0.276 e. The summed E-state index contributed by atoms with van der Waals surface area (Å²) in [6.07, 6.45) is 0.366. The van der Waals surface area contributed by atoms with Crippen molar-refractivity contribution in [3.8, 4) is 11.8 Å². The monoisotopic (exact) mass is 437 g/mol. The third kappa shape index (κ3) is 3.60. The molecule has 0 aliphatic carbocycles. The Labute approximate surface area is 173 Å². The highest BCUT2D eigenvalue weighted by molar-refractivity contribution is 8.00. The van der Waals surface area contributed by atoms with E-state index in [1.807, 2.05) is 0 Å². The van der Waals surface area contributed by atoms with E-state index in [-0.39, 0.29) is 22.2 Å². The van der Waals surface area contributed by atoms with Crippen molar-refractivity contribution < 1.29 is 19.6 Å². The Morgan fingerprint density at radius 2 is 2.32 bits per heavy atom. The van der Waals surface area contributed by atoms with E-state index < -0.39 is 28.3 Å². The van der Waals surface area contributed by atoms with Crippen molar-refractivity contribution >= 4 is 63.5 Å². The Bertz CT molecular complexity index is 974. The first-order valence-electron chi connectivity index (χ1n) is 7.93. The van der Waals surface area contributed by atoms with Crippen LogP contribution in [0.3, 0.4) is 0 Å². The molecule has 0 saturated carbocycles. The Hall–Kier alpha value is -2.49. The number of rotatable bonds is 5. The van der Waals surface area contributed by atoms with Crippen LogP contribution in [0.4, 0.5) is 5.13 Å². The number of hydrogen-bond donors (Lipinski definition) is 4. The van der Waals surface area contributed by atoms with Crippen molar-refractivity contribution in [2.45, 2.75) is 24.8 Å². The van der Waals surface area contributed by atoms with Crippen molar-refractivity contribution in [1.82, 2.24) is 15.2 Å². The molecule has 9 nitrogen and oxygen atoms in total. The van der Waals surface area contributed by atoms with Gasteiger partial charge in [0.2, 0.25) is 5.12 Å². The topological polar surface area (TPSA) is 138 Å². The lowest BCUT2D eigenvalue weighted by molar-refractivity contribution is -0.146. The molecule has 12 heteroatoms. The van der Waals surface area contributed by atoms with Gasteiger partial charge in [0, 0.05) is 17.6 Å². The molecule has 2 aliphatic heterocycles. The lowest BCUT2D eigenvalue weighted by atomic mass is 10.0. The van der Waals surface area contributed by atoms with E-state index in [9.17, 15) is 14.4 Å². The largest absolute Gasteiger partial charge is 0.410 e. The zero-order chi connectivity index (χ0) is 20.4. The standard InChI is InChI=1S/C16H15N5O4S3/c1-2-3-4-7-5-27-14-10(13(23)21(14)11(7)15(24)26)19-12(22)9(20-25)8-6-28-16(17)18-8/h6,10,14,25H,4-5H2,1H3,(H2,17,18)(H,19,22)(H,24,26)/b20-9-/t10-,14-/m1/s1. The number of thioether (sulfide) groups is 1. The van der Waals surface area contributed by atoms with E-state index >= 15 is 0 Å². The lowest BCUT2D eigenvalue weighted by Crippen LogP contribution is -2.70. The molecule has 1 aromatic heterocycles. The number of anilines is 1. The Kier molecular flexibility index (Phi) is 5.97. The van der Waals surface area contributed by atoms with E-state index in [1.165, 1.54) is 22.0 Å². The van der Waals surface area contributed by atoms with Gasteiger partial charge >= 0.3 is 0 Å². The summed E-state index contributed by atoms with van der Waals surface area (Å²) in [5.74, 6) is 4.92. The molecule has 2 amide bonds. The number of carbonyl (C=O) groups excluding carboxylic acids is 3. The molecule has 0 aromatic carbocycles. The maximum absolute atomic E-state index is 12.6. The normalized spacial score (nSPS) is 21.4. The highest BCUT2D eigenvalue weighted by atomic mass is 32.2. The minimum Gasteiger partial charge on any atom is -0.410 e. The summed E-state index contributed by atoms with van der Waals surface area (Å²) in [5, 5.41) is 15.4. The minimum atomic E-state index is -0.869. The van der Waals surface area contributed by atoms with Crippen molar-refractivity contribution in [3.05, 3.63) is 22.3 Å². The van der Waals surface area contributed by atoms with Crippen LogP contribution in [0, 0.1) is 11.8 Å². The van der Waals surface area contributed by atoms with Gasteiger partial charge in [0.15, 0.2) is 10.8 Å². The highest BCUT2D eigenvalue weighted by Gasteiger charge is 2.53. The van der Waals surface area contributed by atoms with Gasteiger partial charge in [-0.25, -0.2) is 4.98 Å². The first kappa shape index (κ1) is 20.2. The third-order valence-electron chi connectivity index (χ3n) is 4.09. The van der Waals surface area contributed by atoms with Gasteiger partial charge < -0.3 is 16.3 Å². The number of β-lactam (4-membered cyclic amide) rings is 1. The number of nitrogens with zero attached hydrogens (tertiary/aromatic N) is 3. The van der Waals surface area contributed by atoms with Gasteiger partial charge in [-0.05, 0) is 12.5 Å². The molecule has 4 N–H and O–H groups in total. The van der Waals surface area contributed by atoms with Gasteiger partial charge in [-0.3, -0.25) is 19.3 Å². The molecule has 1 aromatic rings. The summed E-state index contributed by atoms with van der Waals surface area (Å²) in [4.78, 5) is 42.3. The second-order valence-corrected chi connectivity index (χ2v) is 8.14. The number of carbonyl (C=O) groups is 3. The Morgan fingerprint density at radius 1 is 1.57 bits per heavy atom. The number of fused-ring (bicyclic) bond motifs is 1. The van der Waals surface area contributed by atoms with Crippen LogP contribution in [0.15, 0.2) is 21.8 Å². The molecule has 2 atom stereocenters. The van der Waals surface area contributed by atoms with Crippen LogP contribution in [0.25, 0.3) is 0 Å². The summed E-state index contributed by atoms with van der Waals surface area (Å²) in [6.45, 7) is 1.69. The number of thiol groups is 1. The molecular formula is C16H15N5O4S3. The number of nitrogens with two attached hydrogens (primary N) is 1. The van der Waals surface area contributed by atoms with Gasteiger partial charge in [0.05, 0.1) is 0 Å². The van der Waals surface area contributed by atoms with Crippen molar-refractivity contribution in [2.75, 3.05) is 11.5 Å². The van der Waals surface area contributed by atoms with Crippen LogP contribution in [-0.4, -0.2) is 54.9 Å². The summed E-state index contributed by atoms with van der Waals surface area (Å²) >= 11 is 6.38. The summed E-state index contributed by atoms with van der Waals surface area (Å²) < 4.78 is 0. The molecule has 3 rings (SSSR count). The first-order chi connectivity index (χ1) is 13.4. The second-order valence-electron chi connectivity index (χ2n) is 5.74. The zero-order valence-electron chi connectivity index (χ0n) is 14.5. The molecule has 0 bridgehead atoms. The maximum Gasteiger partial charge on any atom is 0.276 e. The van der Waals surface area contributed by atoms with Crippen LogP contribution in [0.5, 0.6) is 0 Å². The quantitative estimate of drug-likeness (QED) is 0.131. The number of nitrogen functional groups attached to an aromatic ring is 1. The number of nitrogens with one attached hydrogen (secondary N) is 1. The molecule has 0 spiro atoms. The second kappa shape index (κ2) is 8.26. The van der Waals surface area contributed by atoms with Gasteiger partial charge in [-0.15, -0.1) is 29.0 Å². The van der Waals surface area contributed by atoms with Crippen molar-refractivity contribution in [2.24, 2.45) is 5.16 Å². The Balaban J connectivity index is 1.78. The molecule has 0 unspecified atom stereocenters. The third-order valence-corrected chi connectivity index (χ3v) is 6.32. The summed E-state index contributed by atoms with van der Waals surface area (Å²) in [5.41, 5.74) is 6.23. The molecule has 28 heavy (non-hydrogen) atoms. The first-order valence-corrected chi connectivity index (χ1v) is 10.3. The number of oxime groups is 1. The van der Waals surface area contributed by atoms with Gasteiger partial charge in [0.1, 0.15) is 22.8 Å². The van der Waals surface area contributed by atoms with E-state index in [1.54, 1.807) is 6.92 Å². The molecule has 1 saturated heterocycles. The number of hydrogen-bond acceptors (Lipinski definition) is 9. The van der Waals surface area contributed by atoms with Crippen LogP contribution in [-0.2, 0) is 14.4 Å². The molecule has 146 valence electrons. The Morgan fingerprint density at radius 3 is 2.89 bits per heavy atom. The molecule has 3 heterocycles. The molecule has 0 radical (unpaired) electrons. The summed E-state index contributed by atoms with van der Waals surface area (Å²) in [6, 6.07) is -0.869. The van der Waals surface area contributed by atoms with E-state index in [0.29, 0.717) is 12.2 Å². The van der Waals surface area contributed by atoms with Crippen LogP contribution in [0.2, 0.25) is 0 Å². The van der Waals surface area contributed by atoms with Crippen molar-refractivity contribution in [1.29, 1.82) is 0 Å². The fourth-order valence-electron chi connectivity index (χ4n) is 2.83. The predicted octanol–water partition coefficient (Wildman–Crippen LogP) is 0.427. The van der Waals surface area contributed by atoms with E-state index in [2.05, 4.69) is 39.9 Å². The van der Waals surface area contributed by atoms with Gasteiger partial charge in [0.25, 0.3) is 11.8 Å². The molecule has 1 fully saturated rings. The average Bonchev–Trinajstić information content (AvgIpc) is 3.09. The van der Waals surface area contributed by atoms with Gasteiger partial charge in [-0.1, -0.05) is 23.7 Å².